The van der Waals surface area contributed by atoms with Crippen LogP contribution in [-0.4, -0.2) is 18.3 Å². The topological polar surface area (TPSA) is 29.1 Å². The van der Waals surface area contributed by atoms with Crippen LogP contribution in [0.1, 0.15) is 36.0 Å². The van der Waals surface area contributed by atoms with Crippen molar-refractivity contribution in [3.8, 4) is 0 Å². The van der Waals surface area contributed by atoms with Gasteiger partial charge in [0, 0.05) is 17.8 Å². The summed E-state index contributed by atoms with van der Waals surface area (Å²) in [5.74, 6) is 0.745. The molecular formula is C11H15BrClNOS. The first-order valence-corrected chi connectivity index (χ1v) is 7.53. The van der Waals surface area contributed by atoms with Crippen molar-refractivity contribution in [1.29, 1.82) is 0 Å². The number of carbonyl (C=O) groups excluding carboxylic acids is 1. The number of carbonyl (C=O) groups is 1. The van der Waals surface area contributed by atoms with E-state index >= 15 is 0 Å². The van der Waals surface area contributed by atoms with E-state index in [1.165, 1.54) is 11.3 Å². The van der Waals surface area contributed by atoms with Crippen molar-refractivity contribution >= 4 is 44.8 Å². The number of alkyl halides is 1. The van der Waals surface area contributed by atoms with E-state index in [2.05, 4.69) is 21.2 Å². The van der Waals surface area contributed by atoms with E-state index in [1.54, 1.807) is 0 Å². The lowest BCUT2D eigenvalue weighted by Crippen LogP contribution is -2.23. The quantitative estimate of drug-likeness (QED) is 0.595. The Morgan fingerprint density at radius 2 is 2.12 bits per heavy atom. The molecule has 0 aliphatic rings. The zero-order chi connectivity index (χ0) is 11.8. The standard InChI is InChI=1S/C11H15BrClNOS/c12-10-7-9(8-16-10)11(15)14-6-4-2-1-3-5-13/h7-8H,1-6H2,(H,14,15). The van der Waals surface area contributed by atoms with Crippen molar-refractivity contribution in [3.05, 3.63) is 20.8 Å². The van der Waals surface area contributed by atoms with E-state index in [0.717, 1.165) is 47.5 Å². The van der Waals surface area contributed by atoms with E-state index in [-0.39, 0.29) is 5.91 Å². The summed E-state index contributed by atoms with van der Waals surface area (Å²) >= 11 is 10.4. The smallest absolute Gasteiger partial charge is 0.252 e. The number of unbranched alkanes of at least 4 members (excludes halogenated alkanes) is 3. The molecule has 1 amide bonds. The van der Waals surface area contributed by atoms with E-state index in [0.29, 0.717) is 0 Å². The molecule has 0 radical (unpaired) electrons. The highest BCUT2D eigenvalue weighted by atomic mass is 79.9. The van der Waals surface area contributed by atoms with Crippen LogP contribution in [0.2, 0.25) is 0 Å². The first-order chi connectivity index (χ1) is 7.74. The molecule has 1 rings (SSSR count). The minimum absolute atomic E-state index is 0.0132. The van der Waals surface area contributed by atoms with Crippen LogP contribution in [0.5, 0.6) is 0 Å². The summed E-state index contributed by atoms with van der Waals surface area (Å²) in [6.45, 7) is 0.745. The van der Waals surface area contributed by atoms with Crippen molar-refractivity contribution in [2.24, 2.45) is 0 Å². The summed E-state index contributed by atoms with van der Waals surface area (Å²) in [7, 11) is 0. The zero-order valence-corrected chi connectivity index (χ0v) is 12.1. The maximum atomic E-state index is 11.6. The third kappa shape index (κ3) is 5.32. The van der Waals surface area contributed by atoms with Crippen LogP contribution in [0, 0.1) is 0 Å². The SMILES string of the molecule is O=C(NCCCCCCCl)c1csc(Br)c1. The Kier molecular flexibility index (Phi) is 7.08. The number of hydrogen-bond donors (Lipinski definition) is 1. The number of rotatable bonds is 7. The van der Waals surface area contributed by atoms with Crippen molar-refractivity contribution in [3.63, 3.8) is 0 Å². The van der Waals surface area contributed by atoms with Crippen LogP contribution < -0.4 is 5.32 Å². The Morgan fingerprint density at radius 1 is 1.38 bits per heavy atom. The van der Waals surface area contributed by atoms with Crippen LogP contribution in [0.4, 0.5) is 0 Å². The van der Waals surface area contributed by atoms with Crippen molar-refractivity contribution in [2.45, 2.75) is 25.7 Å². The largest absolute Gasteiger partial charge is 0.352 e. The van der Waals surface area contributed by atoms with Gasteiger partial charge in [0.25, 0.3) is 5.91 Å². The molecule has 0 atom stereocenters. The van der Waals surface area contributed by atoms with Gasteiger partial charge in [-0.25, -0.2) is 0 Å². The van der Waals surface area contributed by atoms with Crippen molar-refractivity contribution in [1.82, 2.24) is 5.32 Å². The number of halogens is 2. The fourth-order valence-corrected chi connectivity index (χ4v) is 2.63. The van der Waals surface area contributed by atoms with Gasteiger partial charge >= 0.3 is 0 Å². The van der Waals surface area contributed by atoms with Gasteiger partial charge in [-0.15, -0.1) is 22.9 Å². The third-order valence-electron chi connectivity index (χ3n) is 2.18. The zero-order valence-electron chi connectivity index (χ0n) is 8.97. The molecule has 5 heteroatoms. The van der Waals surface area contributed by atoms with Gasteiger partial charge in [-0.05, 0) is 34.8 Å². The van der Waals surface area contributed by atoms with Crippen LogP contribution in [0.25, 0.3) is 0 Å². The molecule has 0 aliphatic heterocycles. The first-order valence-electron chi connectivity index (χ1n) is 5.32. The van der Waals surface area contributed by atoms with Crippen LogP contribution in [0.15, 0.2) is 15.2 Å². The highest BCUT2D eigenvalue weighted by Crippen LogP contribution is 2.20. The van der Waals surface area contributed by atoms with Crippen molar-refractivity contribution < 1.29 is 4.79 Å². The maximum Gasteiger partial charge on any atom is 0.252 e. The summed E-state index contributed by atoms with van der Waals surface area (Å²) in [5, 5.41) is 4.76. The summed E-state index contributed by atoms with van der Waals surface area (Å²) in [6.07, 6.45) is 4.35. The molecule has 1 aromatic rings. The summed E-state index contributed by atoms with van der Waals surface area (Å²) < 4.78 is 0.986. The highest BCUT2D eigenvalue weighted by molar-refractivity contribution is 9.11. The minimum atomic E-state index is 0.0132. The van der Waals surface area contributed by atoms with Gasteiger partial charge < -0.3 is 5.32 Å². The third-order valence-corrected chi connectivity index (χ3v) is 3.95. The Bertz CT molecular complexity index is 330. The second kappa shape index (κ2) is 8.09. The number of amides is 1. The highest BCUT2D eigenvalue weighted by Gasteiger charge is 2.06. The number of hydrogen-bond acceptors (Lipinski definition) is 2. The first kappa shape index (κ1) is 14.0. The lowest BCUT2D eigenvalue weighted by molar-refractivity contribution is 0.0953. The molecule has 0 bridgehead atoms. The van der Waals surface area contributed by atoms with Gasteiger partial charge in [-0.3, -0.25) is 4.79 Å². The normalized spacial score (nSPS) is 10.4. The summed E-state index contributed by atoms with van der Waals surface area (Å²) in [4.78, 5) is 11.6. The molecule has 1 aromatic heterocycles. The molecule has 0 saturated carbocycles. The van der Waals surface area contributed by atoms with Crippen LogP contribution in [-0.2, 0) is 0 Å². The van der Waals surface area contributed by atoms with E-state index < -0.39 is 0 Å². The van der Waals surface area contributed by atoms with Gasteiger partial charge in [-0.1, -0.05) is 12.8 Å². The molecule has 0 saturated heterocycles. The fraction of sp³-hybridized carbons (Fsp3) is 0.545. The predicted molar refractivity (Wildman–Crippen MR) is 73.5 cm³/mol. The van der Waals surface area contributed by atoms with Gasteiger partial charge in [0.2, 0.25) is 0 Å². The molecule has 0 aromatic carbocycles. The Labute approximate surface area is 114 Å². The Balaban J connectivity index is 2.11. The van der Waals surface area contributed by atoms with Crippen LogP contribution in [0.3, 0.4) is 0 Å². The predicted octanol–water partition coefficient (Wildman–Crippen LogP) is 4.04. The van der Waals surface area contributed by atoms with E-state index in [1.807, 2.05) is 11.4 Å². The second-order valence-corrected chi connectivity index (χ2v) is 6.17. The van der Waals surface area contributed by atoms with Gasteiger partial charge in [0.15, 0.2) is 0 Å². The monoisotopic (exact) mass is 323 g/mol. The van der Waals surface area contributed by atoms with E-state index in [9.17, 15) is 4.79 Å². The molecule has 90 valence electrons. The average molecular weight is 325 g/mol. The molecule has 16 heavy (non-hydrogen) atoms. The molecule has 2 nitrogen and oxygen atoms in total. The van der Waals surface area contributed by atoms with Gasteiger partial charge in [-0.2, -0.15) is 0 Å². The molecule has 0 fully saturated rings. The lowest BCUT2D eigenvalue weighted by atomic mass is 10.2. The molecule has 0 aliphatic carbocycles. The maximum absolute atomic E-state index is 11.6. The van der Waals surface area contributed by atoms with Crippen LogP contribution >= 0.6 is 38.9 Å². The second-order valence-electron chi connectivity index (χ2n) is 3.50. The number of nitrogens with one attached hydrogen (secondary N) is 1. The minimum Gasteiger partial charge on any atom is -0.352 e. The average Bonchev–Trinajstić information content (AvgIpc) is 2.70. The van der Waals surface area contributed by atoms with Gasteiger partial charge in [0.05, 0.1) is 9.35 Å². The fourth-order valence-electron chi connectivity index (χ4n) is 1.31. The molecule has 1 heterocycles. The molecule has 1 N–H and O–H groups in total. The lowest BCUT2D eigenvalue weighted by Gasteiger charge is -2.03. The Morgan fingerprint density at radius 3 is 2.75 bits per heavy atom. The summed E-state index contributed by atoms with van der Waals surface area (Å²) in [6, 6.07) is 1.84. The molecule has 0 unspecified atom stereocenters. The van der Waals surface area contributed by atoms with E-state index in [4.69, 9.17) is 11.6 Å². The van der Waals surface area contributed by atoms with Crippen molar-refractivity contribution in [2.75, 3.05) is 12.4 Å². The number of thiophene rings is 1. The Hall–Kier alpha value is -0.0600. The summed E-state index contributed by atoms with van der Waals surface area (Å²) in [5.41, 5.74) is 0.734. The molecular weight excluding hydrogens is 310 g/mol. The van der Waals surface area contributed by atoms with Gasteiger partial charge in [0.1, 0.15) is 0 Å². The molecule has 0 spiro atoms.